The number of halogens is 1. The summed E-state index contributed by atoms with van der Waals surface area (Å²) in [6, 6.07) is 11.6. The second kappa shape index (κ2) is 7.05. The van der Waals surface area contributed by atoms with Crippen LogP contribution in [0.3, 0.4) is 0 Å². The number of ether oxygens (including phenoxy) is 1. The van der Waals surface area contributed by atoms with Crippen LogP contribution in [0.2, 0.25) is 0 Å². The fourth-order valence-corrected chi connectivity index (χ4v) is 2.25. The van der Waals surface area contributed by atoms with Gasteiger partial charge in [0.2, 0.25) is 0 Å². The average molecular weight is 335 g/mol. The number of nitrogens with zero attached hydrogens (tertiary/aromatic N) is 1. The zero-order valence-corrected chi connectivity index (χ0v) is 12.6. The molecule has 1 atom stereocenters. The Hall–Kier alpha value is -1.88. The van der Waals surface area contributed by atoms with Crippen LogP contribution in [-0.4, -0.2) is 24.5 Å². The summed E-state index contributed by atoms with van der Waals surface area (Å²) >= 11 is 3.56. The molecule has 1 aromatic heterocycles. The van der Waals surface area contributed by atoms with Crippen molar-refractivity contribution in [1.29, 1.82) is 0 Å². The lowest BCUT2D eigenvalue weighted by Gasteiger charge is -2.12. The molecule has 0 spiro atoms. The molecule has 1 aromatic carbocycles. The lowest BCUT2D eigenvalue weighted by Crippen LogP contribution is -2.27. The van der Waals surface area contributed by atoms with Crippen LogP contribution in [0.4, 0.5) is 0 Å². The minimum absolute atomic E-state index is 0.0699. The van der Waals surface area contributed by atoms with Crippen LogP contribution < -0.4 is 10.1 Å². The fourth-order valence-electron chi connectivity index (χ4n) is 1.79. The molecule has 104 valence electrons. The Balaban J connectivity index is 1.99. The molecule has 0 fully saturated rings. The SMILES string of the molecule is COc1cnccc1C(=O)NCC(Br)c1ccccc1. The standard InChI is InChI=1S/C15H15BrN2O2/c1-20-14-10-17-8-7-12(14)15(19)18-9-13(16)11-5-3-2-4-6-11/h2-8,10,13H,9H2,1H3,(H,18,19). The number of carbonyl (C=O) groups is 1. The van der Waals surface area contributed by atoms with E-state index in [9.17, 15) is 4.79 Å². The molecule has 0 bridgehead atoms. The Labute approximate surface area is 126 Å². The van der Waals surface area contributed by atoms with Crippen LogP contribution in [0.25, 0.3) is 0 Å². The van der Waals surface area contributed by atoms with Gasteiger partial charge in [-0.1, -0.05) is 46.3 Å². The highest BCUT2D eigenvalue weighted by molar-refractivity contribution is 9.09. The summed E-state index contributed by atoms with van der Waals surface area (Å²) in [6.45, 7) is 0.494. The minimum Gasteiger partial charge on any atom is -0.494 e. The minimum atomic E-state index is -0.176. The fraction of sp³-hybridized carbons (Fsp3) is 0.200. The summed E-state index contributed by atoms with van der Waals surface area (Å²) in [7, 11) is 1.52. The van der Waals surface area contributed by atoms with Gasteiger partial charge in [0.15, 0.2) is 0 Å². The Kier molecular flexibility index (Phi) is 5.12. The van der Waals surface area contributed by atoms with Gasteiger partial charge in [0, 0.05) is 12.7 Å². The van der Waals surface area contributed by atoms with Gasteiger partial charge in [-0.25, -0.2) is 0 Å². The Morgan fingerprint density at radius 3 is 2.80 bits per heavy atom. The van der Waals surface area contributed by atoms with Gasteiger partial charge >= 0.3 is 0 Å². The Morgan fingerprint density at radius 2 is 2.10 bits per heavy atom. The molecule has 1 unspecified atom stereocenters. The second-order valence-corrected chi connectivity index (χ2v) is 5.27. The predicted octanol–water partition coefficient (Wildman–Crippen LogP) is 2.96. The van der Waals surface area contributed by atoms with Crippen LogP contribution in [0.1, 0.15) is 20.7 Å². The van der Waals surface area contributed by atoms with Crippen LogP contribution in [0, 0.1) is 0 Å². The molecule has 2 aromatic rings. The summed E-state index contributed by atoms with van der Waals surface area (Å²) in [6.07, 6.45) is 3.10. The van der Waals surface area contributed by atoms with Gasteiger partial charge < -0.3 is 10.1 Å². The van der Waals surface area contributed by atoms with Crippen molar-refractivity contribution in [2.45, 2.75) is 4.83 Å². The third-order valence-corrected chi connectivity index (χ3v) is 3.70. The highest BCUT2D eigenvalue weighted by Crippen LogP contribution is 2.22. The number of pyridine rings is 1. The van der Waals surface area contributed by atoms with Gasteiger partial charge in [-0.15, -0.1) is 0 Å². The van der Waals surface area contributed by atoms with Crippen LogP contribution in [0.15, 0.2) is 48.8 Å². The largest absolute Gasteiger partial charge is 0.494 e. The quantitative estimate of drug-likeness (QED) is 0.855. The van der Waals surface area contributed by atoms with E-state index in [1.54, 1.807) is 12.3 Å². The van der Waals surface area contributed by atoms with E-state index < -0.39 is 0 Å². The first-order valence-electron chi connectivity index (χ1n) is 6.17. The zero-order chi connectivity index (χ0) is 14.4. The number of nitrogens with one attached hydrogen (secondary N) is 1. The number of aromatic nitrogens is 1. The van der Waals surface area contributed by atoms with Crippen LogP contribution >= 0.6 is 15.9 Å². The van der Waals surface area contributed by atoms with Crippen molar-refractivity contribution in [3.8, 4) is 5.75 Å². The number of amides is 1. The molecule has 5 heteroatoms. The van der Waals surface area contributed by atoms with Gasteiger partial charge in [-0.05, 0) is 11.6 Å². The second-order valence-electron chi connectivity index (χ2n) is 4.16. The lowest BCUT2D eigenvalue weighted by molar-refractivity contribution is 0.0951. The molecule has 0 saturated carbocycles. The number of hydrogen-bond acceptors (Lipinski definition) is 3. The van der Waals surface area contributed by atoms with Gasteiger partial charge in [0.25, 0.3) is 5.91 Å². The number of rotatable bonds is 5. The first-order valence-corrected chi connectivity index (χ1v) is 7.09. The van der Waals surface area contributed by atoms with E-state index in [0.717, 1.165) is 5.56 Å². The average Bonchev–Trinajstić information content (AvgIpc) is 2.53. The van der Waals surface area contributed by atoms with E-state index in [2.05, 4.69) is 26.2 Å². The number of alkyl halides is 1. The number of benzene rings is 1. The molecule has 0 radical (unpaired) electrons. The maximum atomic E-state index is 12.1. The van der Waals surface area contributed by atoms with Crippen molar-refractivity contribution in [3.05, 3.63) is 59.9 Å². The summed E-state index contributed by atoms with van der Waals surface area (Å²) in [4.78, 5) is 16.1. The molecule has 0 aliphatic carbocycles. The smallest absolute Gasteiger partial charge is 0.255 e. The van der Waals surface area contributed by atoms with Crippen molar-refractivity contribution in [2.75, 3.05) is 13.7 Å². The molecule has 4 nitrogen and oxygen atoms in total. The third-order valence-electron chi connectivity index (χ3n) is 2.85. The lowest BCUT2D eigenvalue weighted by atomic mass is 10.1. The van der Waals surface area contributed by atoms with E-state index in [0.29, 0.717) is 17.9 Å². The maximum absolute atomic E-state index is 12.1. The van der Waals surface area contributed by atoms with Gasteiger partial charge in [-0.2, -0.15) is 0 Å². The molecule has 1 heterocycles. The first-order chi connectivity index (χ1) is 9.72. The van der Waals surface area contributed by atoms with E-state index in [4.69, 9.17) is 4.74 Å². The predicted molar refractivity (Wildman–Crippen MR) is 81.2 cm³/mol. The molecular weight excluding hydrogens is 320 g/mol. The van der Waals surface area contributed by atoms with Gasteiger partial charge in [0.1, 0.15) is 5.75 Å². The topological polar surface area (TPSA) is 51.2 Å². The van der Waals surface area contributed by atoms with Crippen molar-refractivity contribution in [1.82, 2.24) is 10.3 Å². The van der Waals surface area contributed by atoms with Crippen molar-refractivity contribution in [2.24, 2.45) is 0 Å². The summed E-state index contributed by atoms with van der Waals surface area (Å²) < 4.78 is 5.12. The molecule has 2 rings (SSSR count). The number of methoxy groups -OCH3 is 1. The third kappa shape index (κ3) is 3.57. The number of carbonyl (C=O) groups excluding carboxylic acids is 1. The van der Waals surface area contributed by atoms with E-state index in [1.165, 1.54) is 13.3 Å². The van der Waals surface area contributed by atoms with E-state index >= 15 is 0 Å². The molecular formula is C15H15BrN2O2. The normalized spacial score (nSPS) is 11.7. The molecule has 1 N–H and O–H groups in total. The summed E-state index contributed by atoms with van der Waals surface area (Å²) in [5, 5.41) is 2.88. The molecule has 0 saturated heterocycles. The zero-order valence-electron chi connectivity index (χ0n) is 11.0. The molecule has 20 heavy (non-hydrogen) atoms. The molecule has 0 aliphatic rings. The maximum Gasteiger partial charge on any atom is 0.255 e. The van der Waals surface area contributed by atoms with Gasteiger partial charge in [-0.3, -0.25) is 9.78 Å². The van der Waals surface area contributed by atoms with E-state index in [-0.39, 0.29) is 10.7 Å². The van der Waals surface area contributed by atoms with Gasteiger partial charge in [0.05, 0.1) is 23.7 Å². The molecule has 1 amide bonds. The monoisotopic (exact) mass is 334 g/mol. The highest BCUT2D eigenvalue weighted by atomic mass is 79.9. The van der Waals surface area contributed by atoms with Crippen molar-refractivity contribution < 1.29 is 9.53 Å². The van der Waals surface area contributed by atoms with Crippen LogP contribution in [-0.2, 0) is 0 Å². The summed E-state index contributed by atoms with van der Waals surface area (Å²) in [5.74, 6) is 0.292. The molecule has 0 aliphatic heterocycles. The number of hydrogen-bond donors (Lipinski definition) is 1. The van der Waals surface area contributed by atoms with Crippen LogP contribution in [0.5, 0.6) is 5.75 Å². The van der Waals surface area contributed by atoms with E-state index in [1.807, 2.05) is 30.3 Å². The summed E-state index contributed by atoms with van der Waals surface area (Å²) in [5.41, 5.74) is 1.60. The Bertz CT molecular complexity index is 575. The van der Waals surface area contributed by atoms with Crippen molar-refractivity contribution in [3.63, 3.8) is 0 Å². The highest BCUT2D eigenvalue weighted by Gasteiger charge is 2.14. The first kappa shape index (κ1) is 14.5. The van der Waals surface area contributed by atoms with Crippen molar-refractivity contribution >= 4 is 21.8 Å². The Morgan fingerprint density at radius 1 is 1.35 bits per heavy atom.